The Hall–Kier alpha value is -1.67. The molecular weight excluding hydrogens is 304 g/mol. The van der Waals surface area contributed by atoms with Crippen molar-refractivity contribution in [3.05, 3.63) is 16.1 Å². The molecule has 0 spiro atoms. The SMILES string of the molecule is COCc1nc(C(=O)N2CCC(N3CCNC3=O)CC2)cs1. The number of methoxy groups -OCH3 is 1. The van der Waals surface area contributed by atoms with Gasteiger partial charge in [0, 0.05) is 44.7 Å². The van der Waals surface area contributed by atoms with Crippen LogP contribution in [0, 0.1) is 0 Å². The molecule has 1 N–H and O–H groups in total. The van der Waals surface area contributed by atoms with Crippen molar-refractivity contribution >= 4 is 23.3 Å². The molecule has 3 rings (SSSR count). The van der Waals surface area contributed by atoms with Gasteiger partial charge >= 0.3 is 6.03 Å². The predicted octanol–water partition coefficient (Wildman–Crippen LogP) is 0.919. The topological polar surface area (TPSA) is 74.8 Å². The molecule has 2 aliphatic heterocycles. The summed E-state index contributed by atoms with van der Waals surface area (Å²) in [6, 6.07) is 0.263. The van der Waals surface area contributed by atoms with E-state index >= 15 is 0 Å². The van der Waals surface area contributed by atoms with Crippen LogP contribution < -0.4 is 5.32 Å². The van der Waals surface area contributed by atoms with E-state index in [1.54, 1.807) is 12.5 Å². The molecule has 7 nitrogen and oxygen atoms in total. The maximum atomic E-state index is 12.4. The van der Waals surface area contributed by atoms with Crippen LogP contribution >= 0.6 is 11.3 Å². The quantitative estimate of drug-likeness (QED) is 0.894. The Morgan fingerprint density at radius 3 is 2.86 bits per heavy atom. The van der Waals surface area contributed by atoms with Crippen molar-refractivity contribution in [2.75, 3.05) is 33.3 Å². The van der Waals surface area contributed by atoms with Gasteiger partial charge in [0.2, 0.25) is 0 Å². The van der Waals surface area contributed by atoms with E-state index in [0.717, 1.165) is 30.9 Å². The van der Waals surface area contributed by atoms with Gasteiger partial charge in [-0.05, 0) is 12.8 Å². The summed E-state index contributed by atoms with van der Waals surface area (Å²) < 4.78 is 5.03. The number of piperidine rings is 1. The van der Waals surface area contributed by atoms with Gasteiger partial charge in [0.25, 0.3) is 5.91 Å². The van der Waals surface area contributed by atoms with E-state index < -0.39 is 0 Å². The molecule has 0 aromatic carbocycles. The summed E-state index contributed by atoms with van der Waals surface area (Å²) in [5.74, 6) is -0.0251. The highest BCUT2D eigenvalue weighted by Gasteiger charge is 2.32. The highest BCUT2D eigenvalue weighted by molar-refractivity contribution is 7.09. The second kappa shape index (κ2) is 6.62. The number of nitrogens with one attached hydrogen (secondary N) is 1. The number of nitrogens with zero attached hydrogens (tertiary/aromatic N) is 3. The van der Waals surface area contributed by atoms with E-state index in [1.807, 2.05) is 9.80 Å². The van der Waals surface area contributed by atoms with Gasteiger partial charge < -0.3 is 19.9 Å². The highest BCUT2D eigenvalue weighted by atomic mass is 32.1. The van der Waals surface area contributed by atoms with Crippen LogP contribution in [-0.2, 0) is 11.3 Å². The Bertz CT molecular complexity index is 554. The molecule has 2 saturated heterocycles. The summed E-state index contributed by atoms with van der Waals surface area (Å²) in [6.07, 6.45) is 1.66. The van der Waals surface area contributed by atoms with E-state index in [1.165, 1.54) is 11.3 Å². The fourth-order valence-corrected chi connectivity index (χ4v) is 3.71. The van der Waals surface area contributed by atoms with Crippen LogP contribution in [0.5, 0.6) is 0 Å². The van der Waals surface area contributed by atoms with Crippen LogP contribution in [0.1, 0.15) is 28.3 Å². The van der Waals surface area contributed by atoms with Crippen molar-refractivity contribution < 1.29 is 14.3 Å². The number of ether oxygens (including phenoxy) is 1. The van der Waals surface area contributed by atoms with Crippen molar-refractivity contribution in [2.45, 2.75) is 25.5 Å². The molecule has 0 radical (unpaired) electrons. The monoisotopic (exact) mass is 324 g/mol. The minimum Gasteiger partial charge on any atom is -0.378 e. The largest absolute Gasteiger partial charge is 0.378 e. The molecule has 0 saturated carbocycles. The number of rotatable bonds is 4. The third-order valence-corrected chi connectivity index (χ3v) is 4.94. The molecule has 0 bridgehead atoms. The standard InChI is InChI=1S/C14H20N4O3S/c1-21-8-12-16-11(9-22-12)13(19)17-5-2-10(3-6-17)18-7-4-15-14(18)20/h9-10H,2-8H2,1H3,(H,15,20). The number of hydrogen-bond donors (Lipinski definition) is 1. The lowest BCUT2D eigenvalue weighted by atomic mass is 10.0. The molecule has 2 aliphatic rings. The summed E-state index contributed by atoms with van der Waals surface area (Å²) in [4.78, 5) is 32.2. The van der Waals surface area contributed by atoms with E-state index in [2.05, 4.69) is 10.3 Å². The van der Waals surface area contributed by atoms with Crippen LogP contribution in [0.2, 0.25) is 0 Å². The van der Waals surface area contributed by atoms with Crippen molar-refractivity contribution in [2.24, 2.45) is 0 Å². The van der Waals surface area contributed by atoms with Crippen molar-refractivity contribution in [3.63, 3.8) is 0 Å². The summed E-state index contributed by atoms with van der Waals surface area (Å²) in [5.41, 5.74) is 0.495. The van der Waals surface area contributed by atoms with E-state index in [-0.39, 0.29) is 18.0 Å². The molecule has 8 heteroatoms. The van der Waals surface area contributed by atoms with Gasteiger partial charge in [-0.15, -0.1) is 11.3 Å². The Labute approximate surface area is 133 Å². The first kappa shape index (κ1) is 15.2. The average Bonchev–Trinajstić information content (AvgIpc) is 3.16. The Morgan fingerprint density at radius 1 is 1.45 bits per heavy atom. The van der Waals surface area contributed by atoms with Gasteiger partial charge in [0.1, 0.15) is 10.7 Å². The zero-order valence-corrected chi connectivity index (χ0v) is 13.4. The number of aromatic nitrogens is 1. The van der Waals surface area contributed by atoms with Crippen LogP contribution in [0.25, 0.3) is 0 Å². The van der Waals surface area contributed by atoms with Crippen LogP contribution in [0.3, 0.4) is 0 Å². The van der Waals surface area contributed by atoms with Crippen molar-refractivity contribution in [1.29, 1.82) is 0 Å². The second-order valence-electron chi connectivity index (χ2n) is 5.51. The summed E-state index contributed by atoms with van der Waals surface area (Å²) in [7, 11) is 1.61. The summed E-state index contributed by atoms with van der Waals surface area (Å²) >= 11 is 1.44. The fraction of sp³-hybridized carbons (Fsp3) is 0.643. The zero-order valence-electron chi connectivity index (χ0n) is 12.6. The molecular formula is C14H20N4O3S. The average molecular weight is 324 g/mol. The first-order valence-corrected chi connectivity index (χ1v) is 8.34. The highest BCUT2D eigenvalue weighted by Crippen LogP contribution is 2.20. The lowest BCUT2D eigenvalue weighted by Crippen LogP contribution is -2.47. The molecule has 22 heavy (non-hydrogen) atoms. The predicted molar refractivity (Wildman–Crippen MR) is 81.9 cm³/mol. The first-order chi connectivity index (χ1) is 10.7. The third-order valence-electron chi connectivity index (χ3n) is 4.12. The molecule has 3 heterocycles. The third kappa shape index (κ3) is 3.07. The number of thiazole rings is 1. The Kier molecular flexibility index (Phi) is 4.58. The minimum absolute atomic E-state index is 0.0217. The van der Waals surface area contributed by atoms with Crippen molar-refractivity contribution in [1.82, 2.24) is 20.1 Å². The molecule has 2 fully saturated rings. The molecule has 0 atom stereocenters. The maximum Gasteiger partial charge on any atom is 0.317 e. The van der Waals surface area contributed by atoms with Crippen LogP contribution in [0.15, 0.2) is 5.38 Å². The summed E-state index contributed by atoms with van der Waals surface area (Å²) in [5, 5.41) is 5.43. The lowest BCUT2D eigenvalue weighted by molar-refractivity contribution is 0.0660. The first-order valence-electron chi connectivity index (χ1n) is 7.46. The number of likely N-dealkylation sites (tertiary alicyclic amines) is 1. The van der Waals surface area contributed by atoms with Gasteiger partial charge in [0.15, 0.2) is 0 Å². The van der Waals surface area contributed by atoms with Gasteiger partial charge in [0.05, 0.1) is 6.61 Å². The van der Waals surface area contributed by atoms with Gasteiger partial charge in [-0.1, -0.05) is 0 Å². The van der Waals surface area contributed by atoms with E-state index in [0.29, 0.717) is 25.4 Å². The fourth-order valence-electron chi connectivity index (χ4n) is 2.98. The number of hydrogen-bond acceptors (Lipinski definition) is 5. The number of amides is 3. The minimum atomic E-state index is -0.0251. The number of carbonyl (C=O) groups is 2. The molecule has 1 aromatic rings. The van der Waals surface area contributed by atoms with Gasteiger partial charge in [-0.25, -0.2) is 9.78 Å². The van der Waals surface area contributed by atoms with Crippen molar-refractivity contribution in [3.8, 4) is 0 Å². The molecule has 120 valence electrons. The lowest BCUT2D eigenvalue weighted by Gasteiger charge is -2.35. The normalized spacial score (nSPS) is 19.6. The van der Waals surface area contributed by atoms with E-state index in [9.17, 15) is 9.59 Å². The Balaban J connectivity index is 1.56. The zero-order chi connectivity index (χ0) is 15.5. The number of carbonyl (C=O) groups excluding carboxylic acids is 2. The van der Waals surface area contributed by atoms with Gasteiger partial charge in [-0.3, -0.25) is 4.79 Å². The second-order valence-corrected chi connectivity index (χ2v) is 6.45. The van der Waals surface area contributed by atoms with Crippen LogP contribution in [-0.4, -0.2) is 66.1 Å². The molecule has 0 aliphatic carbocycles. The molecule has 0 unspecified atom stereocenters. The summed E-state index contributed by atoms with van der Waals surface area (Å²) in [6.45, 7) is 3.27. The van der Waals surface area contributed by atoms with E-state index in [4.69, 9.17) is 4.74 Å². The maximum absolute atomic E-state index is 12.4. The van der Waals surface area contributed by atoms with Crippen LogP contribution in [0.4, 0.5) is 4.79 Å². The molecule has 3 amide bonds. The smallest absolute Gasteiger partial charge is 0.317 e. The number of urea groups is 1. The molecule has 1 aromatic heterocycles. The van der Waals surface area contributed by atoms with Gasteiger partial charge in [-0.2, -0.15) is 0 Å². The Morgan fingerprint density at radius 2 is 2.23 bits per heavy atom.